The summed E-state index contributed by atoms with van der Waals surface area (Å²) in [6.07, 6.45) is 3.08. The number of hydrogen-bond donors (Lipinski definition) is 1. The normalized spacial score (nSPS) is 23.3. The third kappa shape index (κ3) is 3.90. The predicted octanol–water partition coefficient (Wildman–Crippen LogP) is 2.86. The Hall–Kier alpha value is -1.23. The van der Waals surface area contributed by atoms with Gasteiger partial charge >= 0.3 is 0 Å². The molecule has 112 valence electrons. The van der Waals surface area contributed by atoms with E-state index >= 15 is 0 Å². The fourth-order valence-corrected chi connectivity index (χ4v) is 3.71. The van der Waals surface area contributed by atoms with Crippen LogP contribution in [0, 0.1) is 6.92 Å². The van der Waals surface area contributed by atoms with E-state index < -0.39 is 0 Å². The van der Waals surface area contributed by atoms with Gasteiger partial charge in [-0.25, -0.2) is 4.98 Å². The SMILES string of the molecule is Cc1cnc(CN2CC(Cc3ccccc3)NCC2C)s1. The molecule has 3 rings (SSSR count). The Morgan fingerprint density at radius 1 is 1.33 bits per heavy atom. The van der Waals surface area contributed by atoms with Crippen molar-refractivity contribution in [1.82, 2.24) is 15.2 Å². The minimum absolute atomic E-state index is 0.532. The van der Waals surface area contributed by atoms with Gasteiger partial charge in [-0.2, -0.15) is 0 Å². The first-order chi connectivity index (χ1) is 10.2. The fourth-order valence-electron chi connectivity index (χ4n) is 2.90. The van der Waals surface area contributed by atoms with E-state index in [1.165, 1.54) is 15.4 Å². The summed E-state index contributed by atoms with van der Waals surface area (Å²) in [5, 5.41) is 4.92. The number of hydrogen-bond acceptors (Lipinski definition) is 4. The Kier molecular flexibility index (Phi) is 4.68. The average Bonchev–Trinajstić information content (AvgIpc) is 2.89. The highest BCUT2D eigenvalue weighted by atomic mass is 32.1. The van der Waals surface area contributed by atoms with Gasteiger partial charge in [-0.1, -0.05) is 30.3 Å². The van der Waals surface area contributed by atoms with E-state index in [1.54, 1.807) is 0 Å². The van der Waals surface area contributed by atoms with Crippen molar-refractivity contribution >= 4 is 11.3 Å². The molecule has 1 N–H and O–H groups in total. The maximum Gasteiger partial charge on any atom is 0.107 e. The zero-order valence-corrected chi connectivity index (χ0v) is 13.6. The summed E-state index contributed by atoms with van der Waals surface area (Å²) >= 11 is 1.82. The van der Waals surface area contributed by atoms with Crippen LogP contribution in [0.1, 0.15) is 22.4 Å². The van der Waals surface area contributed by atoms with Crippen molar-refractivity contribution in [2.24, 2.45) is 0 Å². The van der Waals surface area contributed by atoms with Crippen molar-refractivity contribution in [2.45, 2.75) is 38.9 Å². The molecule has 1 aliphatic rings. The number of benzene rings is 1. The molecule has 2 heterocycles. The fraction of sp³-hybridized carbons (Fsp3) is 0.471. The summed E-state index contributed by atoms with van der Waals surface area (Å²) in [4.78, 5) is 8.37. The Morgan fingerprint density at radius 2 is 2.14 bits per heavy atom. The molecule has 1 aromatic heterocycles. The van der Waals surface area contributed by atoms with Gasteiger partial charge in [0.2, 0.25) is 0 Å². The number of thiazole rings is 1. The third-order valence-electron chi connectivity index (χ3n) is 4.11. The van der Waals surface area contributed by atoms with Crippen LogP contribution in [0.3, 0.4) is 0 Å². The van der Waals surface area contributed by atoms with Gasteiger partial charge in [0, 0.05) is 36.2 Å². The largest absolute Gasteiger partial charge is 0.311 e. The van der Waals surface area contributed by atoms with E-state index in [9.17, 15) is 0 Å². The van der Waals surface area contributed by atoms with E-state index in [1.807, 2.05) is 17.5 Å². The molecule has 0 radical (unpaired) electrons. The number of rotatable bonds is 4. The number of nitrogens with zero attached hydrogens (tertiary/aromatic N) is 2. The molecule has 1 fully saturated rings. The summed E-state index contributed by atoms with van der Waals surface area (Å²) in [6.45, 7) is 7.55. The highest BCUT2D eigenvalue weighted by Crippen LogP contribution is 2.18. The van der Waals surface area contributed by atoms with Crippen LogP contribution in [0.5, 0.6) is 0 Å². The topological polar surface area (TPSA) is 28.2 Å². The summed E-state index contributed by atoms with van der Waals surface area (Å²) in [5.74, 6) is 0. The van der Waals surface area contributed by atoms with Crippen molar-refractivity contribution in [3.05, 3.63) is 52.0 Å². The molecule has 21 heavy (non-hydrogen) atoms. The molecular weight excluding hydrogens is 278 g/mol. The Balaban J connectivity index is 1.61. The number of piperazine rings is 1. The van der Waals surface area contributed by atoms with Crippen molar-refractivity contribution in [3.63, 3.8) is 0 Å². The van der Waals surface area contributed by atoms with Crippen LogP contribution >= 0.6 is 11.3 Å². The van der Waals surface area contributed by atoms with Crippen molar-refractivity contribution in [1.29, 1.82) is 0 Å². The quantitative estimate of drug-likeness (QED) is 0.941. The van der Waals surface area contributed by atoms with Crippen LogP contribution < -0.4 is 5.32 Å². The summed E-state index contributed by atoms with van der Waals surface area (Å²) in [6, 6.07) is 11.9. The zero-order chi connectivity index (χ0) is 14.7. The Bertz CT molecular complexity index is 566. The van der Waals surface area contributed by atoms with Crippen LogP contribution in [0.2, 0.25) is 0 Å². The summed E-state index contributed by atoms with van der Waals surface area (Å²) < 4.78 is 0. The maximum absolute atomic E-state index is 4.51. The second-order valence-electron chi connectivity index (χ2n) is 5.94. The third-order valence-corrected chi connectivity index (χ3v) is 5.01. The molecule has 1 aromatic carbocycles. The number of aromatic nitrogens is 1. The second kappa shape index (κ2) is 6.69. The van der Waals surface area contributed by atoms with Crippen molar-refractivity contribution in [2.75, 3.05) is 13.1 Å². The van der Waals surface area contributed by atoms with E-state index in [0.29, 0.717) is 12.1 Å². The predicted molar refractivity (Wildman–Crippen MR) is 88.7 cm³/mol. The van der Waals surface area contributed by atoms with Gasteiger partial charge in [0.25, 0.3) is 0 Å². The molecule has 2 unspecified atom stereocenters. The van der Waals surface area contributed by atoms with Gasteiger partial charge in [0.1, 0.15) is 5.01 Å². The van der Waals surface area contributed by atoms with Gasteiger partial charge in [-0.3, -0.25) is 4.90 Å². The lowest BCUT2D eigenvalue weighted by molar-refractivity contribution is 0.133. The van der Waals surface area contributed by atoms with Crippen LogP contribution in [0.25, 0.3) is 0 Å². The molecule has 2 atom stereocenters. The molecule has 0 amide bonds. The van der Waals surface area contributed by atoms with E-state index in [4.69, 9.17) is 0 Å². The van der Waals surface area contributed by atoms with Crippen LogP contribution in [0.4, 0.5) is 0 Å². The van der Waals surface area contributed by atoms with Gasteiger partial charge < -0.3 is 5.32 Å². The molecule has 1 saturated heterocycles. The molecule has 0 spiro atoms. The lowest BCUT2D eigenvalue weighted by atomic mass is 10.0. The summed E-state index contributed by atoms with van der Waals surface area (Å²) in [5.41, 5.74) is 1.41. The van der Waals surface area contributed by atoms with Crippen LogP contribution in [-0.2, 0) is 13.0 Å². The lowest BCUT2D eigenvalue weighted by Gasteiger charge is -2.38. The first-order valence-corrected chi connectivity index (χ1v) is 8.45. The highest BCUT2D eigenvalue weighted by Gasteiger charge is 2.25. The van der Waals surface area contributed by atoms with Crippen LogP contribution in [-0.4, -0.2) is 35.1 Å². The van der Waals surface area contributed by atoms with Crippen molar-refractivity contribution in [3.8, 4) is 0 Å². The molecule has 0 saturated carbocycles. The van der Waals surface area contributed by atoms with Gasteiger partial charge in [0.05, 0.1) is 6.54 Å². The van der Waals surface area contributed by atoms with Gasteiger partial charge in [-0.05, 0) is 25.8 Å². The first-order valence-electron chi connectivity index (χ1n) is 7.63. The molecule has 0 aliphatic carbocycles. The number of nitrogens with one attached hydrogen (secondary N) is 1. The van der Waals surface area contributed by atoms with E-state index in [0.717, 1.165) is 26.1 Å². The highest BCUT2D eigenvalue weighted by molar-refractivity contribution is 7.11. The van der Waals surface area contributed by atoms with E-state index in [2.05, 4.69) is 59.4 Å². The molecule has 0 bridgehead atoms. The molecule has 1 aliphatic heterocycles. The minimum Gasteiger partial charge on any atom is -0.311 e. The molecule has 2 aromatic rings. The first kappa shape index (κ1) is 14.7. The van der Waals surface area contributed by atoms with Gasteiger partial charge in [0.15, 0.2) is 0 Å². The smallest absolute Gasteiger partial charge is 0.107 e. The standard InChI is InChI=1S/C17H23N3S/c1-13-9-18-16(8-15-6-4-3-5-7-15)11-20(13)12-17-19-10-14(2)21-17/h3-7,10,13,16,18H,8-9,11-12H2,1-2H3. The number of aryl methyl sites for hydroxylation is 1. The van der Waals surface area contributed by atoms with Crippen LogP contribution in [0.15, 0.2) is 36.5 Å². The Morgan fingerprint density at radius 3 is 2.86 bits per heavy atom. The molecule has 4 heteroatoms. The lowest BCUT2D eigenvalue weighted by Crippen LogP contribution is -2.55. The maximum atomic E-state index is 4.51. The van der Waals surface area contributed by atoms with Crippen molar-refractivity contribution < 1.29 is 0 Å². The monoisotopic (exact) mass is 301 g/mol. The van der Waals surface area contributed by atoms with E-state index in [-0.39, 0.29) is 0 Å². The average molecular weight is 301 g/mol. The molecular formula is C17H23N3S. The second-order valence-corrected chi connectivity index (χ2v) is 7.26. The zero-order valence-electron chi connectivity index (χ0n) is 12.7. The summed E-state index contributed by atoms with van der Waals surface area (Å²) in [7, 11) is 0. The molecule has 3 nitrogen and oxygen atoms in total. The minimum atomic E-state index is 0.532. The Labute approximate surface area is 131 Å². The van der Waals surface area contributed by atoms with Gasteiger partial charge in [-0.15, -0.1) is 11.3 Å².